The molecule has 2 aliphatic rings. The molecule has 162 valence electrons. The minimum absolute atomic E-state index is 0.237. The zero-order valence-corrected chi connectivity index (χ0v) is 18.0. The summed E-state index contributed by atoms with van der Waals surface area (Å²) >= 11 is 0. The van der Waals surface area contributed by atoms with Gasteiger partial charge in [-0.1, -0.05) is 12.1 Å². The summed E-state index contributed by atoms with van der Waals surface area (Å²) in [6, 6.07) is 11.9. The highest BCUT2D eigenvalue weighted by Crippen LogP contribution is 2.29. The number of methoxy groups -OCH3 is 1. The van der Waals surface area contributed by atoms with Crippen molar-refractivity contribution in [2.24, 2.45) is 4.99 Å². The van der Waals surface area contributed by atoms with E-state index in [0.717, 1.165) is 47.5 Å². The third kappa shape index (κ3) is 4.06. The number of hydrogen-bond acceptors (Lipinski definition) is 6. The van der Waals surface area contributed by atoms with E-state index in [1.807, 2.05) is 12.4 Å². The summed E-state index contributed by atoms with van der Waals surface area (Å²) in [7, 11) is 1.56. The first-order chi connectivity index (χ1) is 15.7. The van der Waals surface area contributed by atoms with Crippen molar-refractivity contribution in [1.29, 1.82) is 0 Å². The predicted molar refractivity (Wildman–Crippen MR) is 126 cm³/mol. The Morgan fingerprint density at radius 1 is 1.03 bits per heavy atom. The van der Waals surface area contributed by atoms with Gasteiger partial charge in [0.25, 0.3) is 5.91 Å². The van der Waals surface area contributed by atoms with Gasteiger partial charge in [-0.2, -0.15) is 0 Å². The second-order valence-corrected chi connectivity index (χ2v) is 8.02. The van der Waals surface area contributed by atoms with E-state index in [0.29, 0.717) is 23.8 Å². The van der Waals surface area contributed by atoms with Gasteiger partial charge in [0.05, 0.1) is 30.9 Å². The van der Waals surface area contributed by atoms with Crippen molar-refractivity contribution >= 4 is 23.0 Å². The van der Waals surface area contributed by atoms with Crippen molar-refractivity contribution in [2.75, 3.05) is 37.0 Å². The van der Waals surface area contributed by atoms with Crippen LogP contribution in [0.5, 0.6) is 5.88 Å². The monoisotopic (exact) mass is 427 g/mol. The molecular formula is C25H25N5O2. The summed E-state index contributed by atoms with van der Waals surface area (Å²) in [5.74, 6) is 0.261. The lowest BCUT2D eigenvalue weighted by Crippen LogP contribution is -2.28. The van der Waals surface area contributed by atoms with Crippen LogP contribution in [0.15, 0.2) is 60.0 Å². The lowest BCUT2D eigenvalue weighted by molar-refractivity contribution is -0.110. The number of hydrogen-bond donors (Lipinski definition) is 1. The topological polar surface area (TPSA) is 79.7 Å². The van der Waals surface area contributed by atoms with Gasteiger partial charge >= 0.3 is 0 Å². The maximum Gasteiger partial charge on any atom is 0.274 e. The van der Waals surface area contributed by atoms with E-state index in [-0.39, 0.29) is 5.91 Å². The van der Waals surface area contributed by atoms with Crippen molar-refractivity contribution in [3.8, 4) is 17.0 Å². The number of rotatable bonds is 5. The molecule has 7 nitrogen and oxygen atoms in total. The summed E-state index contributed by atoms with van der Waals surface area (Å²) in [4.78, 5) is 28.6. The van der Waals surface area contributed by atoms with Gasteiger partial charge < -0.3 is 15.0 Å². The van der Waals surface area contributed by atoms with E-state index in [4.69, 9.17) is 4.74 Å². The summed E-state index contributed by atoms with van der Waals surface area (Å²) in [6.45, 7) is 2.75. The molecule has 3 aromatic rings. The molecule has 1 amide bonds. The zero-order valence-electron chi connectivity index (χ0n) is 18.0. The lowest BCUT2D eigenvalue weighted by atomic mass is 9.93. The number of fused-ring (bicyclic) bond motifs is 1. The molecule has 4 heterocycles. The van der Waals surface area contributed by atoms with Gasteiger partial charge in [0.15, 0.2) is 0 Å². The Bertz CT molecular complexity index is 1170. The molecule has 1 aromatic carbocycles. The molecule has 0 saturated carbocycles. The van der Waals surface area contributed by atoms with Crippen molar-refractivity contribution in [3.63, 3.8) is 0 Å². The van der Waals surface area contributed by atoms with Crippen LogP contribution in [0.1, 0.15) is 24.0 Å². The smallest absolute Gasteiger partial charge is 0.274 e. The minimum atomic E-state index is -0.237. The number of carbonyl (C=O) groups is 1. The fourth-order valence-corrected chi connectivity index (χ4v) is 4.26. The minimum Gasteiger partial charge on any atom is -0.481 e. The van der Waals surface area contributed by atoms with E-state index in [9.17, 15) is 4.79 Å². The van der Waals surface area contributed by atoms with Crippen LogP contribution in [0.2, 0.25) is 0 Å². The highest BCUT2D eigenvalue weighted by Gasteiger charge is 2.22. The van der Waals surface area contributed by atoms with Gasteiger partial charge in [-0.15, -0.1) is 0 Å². The van der Waals surface area contributed by atoms with Crippen molar-refractivity contribution in [2.45, 2.75) is 19.3 Å². The molecular weight excluding hydrogens is 402 g/mol. The SMILES string of the molecule is COc1ccc(NC(=O)C2=NCCc3ccc(-c4cncc(N5CCCC5)c4)cc32)cn1. The van der Waals surface area contributed by atoms with E-state index in [1.54, 1.807) is 25.4 Å². The number of anilines is 2. The number of aromatic nitrogens is 2. The van der Waals surface area contributed by atoms with Crippen LogP contribution in [-0.2, 0) is 11.2 Å². The predicted octanol–water partition coefficient (Wildman–Crippen LogP) is 3.74. The van der Waals surface area contributed by atoms with Crippen molar-refractivity contribution < 1.29 is 9.53 Å². The summed E-state index contributed by atoms with van der Waals surface area (Å²) in [6.07, 6.45) is 8.65. The molecule has 1 fully saturated rings. The molecule has 0 spiro atoms. The number of amides is 1. The lowest BCUT2D eigenvalue weighted by Gasteiger charge is -2.19. The molecule has 0 aliphatic carbocycles. The number of pyridine rings is 2. The third-order valence-electron chi connectivity index (χ3n) is 5.96. The molecule has 7 heteroatoms. The number of nitrogens with zero attached hydrogens (tertiary/aromatic N) is 4. The fourth-order valence-electron chi connectivity index (χ4n) is 4.26. The first kappa shape index (κ1) is 20.2. The molecule has 2 aliphatic heterocycles. The highest BCUT2D eigenvalue weighted by atomic mass is 16.5. The van der Waals surface area contributed by atoms with Crippen LogP contribution in [0.25, 0.3) is 11.1 Å². The van der Waals surface area contributed by atoms with Gasteiger partial charge in [-0.25, -0.2) is 4.98 Å². The molecule has 2 aromatic heterocycles. The van der Waals surface area contributed by atoms with Crippen LogP contribution in [0.3, 0.4) is 0 Å². The van der Waals surface area contributed by atoms with Gasteiger partial charge in [-0.05, 0) is 48.6 Å². The first-order valence-corrected chi connectivity index (χ1v) is 10.9. The van der Waals surface area contributed by atoms with Crippen LogP contribution in [-0.4, -0.2) is 48.3 Å². The summed E-state index contributed by atoms with van der Waals surface area (Å²) in [5.41, 5.74) is 6.28. The molecule has 5 rings (SSSR count). The molecule has 0 atom stereocenters. The Balaban J connectivity index is 1.42. The van der Waals surface area contributed by atoms with Crippen LogP contribution in [0.4, 0.5) is 11.4 Å². The normalized spacial score (nSPS) is 15.2. The Hall–Kier alpha value is -3.74. The number of benzene rings is 1. The largest absolute Gasteiger partial charge is 0.481 e. The average molecular weight is 428 g/mol. The molecule has 1 saturated heterocycles. The molecule has 32 heavy (non-hydrogen) atoms. The molecule has 0 unspecified atom stereocenters. The Kier molecular flexibility index (Phi) is 5.54. The Morgan fingerprint density at radius 2 is 1.91 bits per heavy atom. The third-order valence-corrected chi connectivity index (χ3v) is 5.96. The number of ether oxygens (including phenoxy) is 1. The van der Waals surface area contributed by atoms with Gasteiger partial charge in [0, 0.05) is 43.0 Å². The van der Waals surface area contributed by atoms with Gasteiger partial charge in [0.1, 0.15) is 5.71 Å². The van der Waals surface area contributed by atoms with Gasteiger partial charge in [0.2, 0.25) is 5.88 Å². The van der Waals surface area contributed by atoms with Crippen molar-refractivity contribution in [3.05, 3.63) is 66.1 Å². The highest BCUT2D eigenvalue weighted by molar-refractivity contribution is 6.49. The van der Waals surface area contributed by atoms with E-state index in [2.05, 4.69) is 49.4 Å². The van der Waals surface area contributed by atoms with E-state index >= 15 is 0 Å². The van der Waals surface area contributed by atoms with Gasteiger partial charge in [-0.3, -0.25) is 14.8 Å². The van der Waals surface area contributed by atoms with Crippen LogP contribution < -0.4 is 15.0 Å². The second-order valence-electron chi connectivity index (χ2n) is 8.02. The second kappa shape index (κ2) is 8.78. The molecule has 0 bridgehead atoms. The molecule has 1 N–H and O–H groups in total. The maximum absolute atomic E-state index is 13.0. The van der Waals surface area contributed by atoms with Crippen LogP contribution >= 0.6 is 0 Å². The Morgan fingerprint density at radius 3 is 2.69 bits per heavy atom. The quantitative estimate of drug-likeness (QED) is 0.671. The average Bonchev–Trinajstić information content (AvgIpc) is 3.39. The van der Waals surface area contributed by atoms with Crippen molar-refractivity contribution in [1.82, 2.24) is 9.97 Å². The van der Waals surface area contributed by atoms with Crippen LogP contribution in [0, 0.1) is 0 Å². The number of aliphatic imine (C=N–C) groups is 1. The van der Waals surface area contributed by atoms with E-state index in [1.165, 1.54) is 12.8 Å². The van der Waals surface area contributed by atoms with E-state index < -0.39 is 0 Å². The summed E-state index contributed by atoms with van der Waals surface area (Å²) < 4.78 is 5.08. The fraction of sp³-hybridized carbons (Fsp3) is 0.280. The zero-order chi connectivity index (χ0) is 21.9. The number of nitrogens with one attached hydrogen (secondary N) is 1. The maximum atomic E-state index is 13.0. The number of carbonyl (C=O) groups excluding carboxylic acids is 1. The molecule has 0 radical (unpaired) electrons. The Labute approximate surface area is 187 Å². The summed E-state index contributed by atoms with van der Waals surface area (Å²) in [5, 5.41) is 2.90. The first-order valence-electron chi connectivity index (χ1n) is 10.9. The standard InChI is InChI=1S/C25H25N5O2/c1-32-23-7-6-20(15-28-23)29-25(31)24-22-13-18(5-4-17(22)8-9-27-24)19-12-21(16-26-14-19)30-10-2-3-11-30/h4-7,12-16H,2-3,8-11H2,1H3,(H,29,31).